The van der Waals surface area contributed by atoms with Gasteiger partial charge in [0, 0.05) is 33.1 Å². The van der Waals surface area contributed by atoms with Gasteiger partial charge in [0.25, 0.3) is 5.91 Å². The molecule has 7 heteroatoms. The molecular weight excluding hydrogens is 270 g/mol. The summed E-state index contributed by atoms with van der Waals surface area (Å²) >= 11 is 0. The number of piperidine rings is 1. The Bertz CT molecular complexity index is 529. The van der Waals surface area contributed by atoms with Gasteiger partial charge < -0.3 is 15.5 Å². The van der Waals surface area contributed by atoms with Crippen LogP contribution in [0.2, 0.25) is 0 Å². The van der Waals surface area contributed by atoms with Crippen LogP contribution in [0.4, 0.5) is 5.69 Å². The van der Waals surface area contributed by atoms with Gasteiger partial charge in [-0.25, -0.2) is 0 Å². The molecule has 1 aromatic rings. The molecule has 3 N–H and O–H groups in total. The maximum atomic E-state index is 12.4. The lowest BCUT2D eigenvalue weighted by Crippen LogP contribution is -2.43. The lowest BCUT2D eigenvalue weighted by atomic mass is 9.95. The molecule has 0 bridgehead atoms. The molecule has 1 aromatic heterocycles. The number of rotatable bonds is 3. The third-order valence-corrected chi connectivity index (χ3v) is 4.01. The van der Waals surface area contributed by atoms with E-state index in [1.54, 1.807) is 23.9 Å². The van der Waals surface area contributed by atoms with Crippen molar-refractivity contribution in [3.05, 3.63) is 11.4 Å². The predicted molar refractivity (Wildman–Crippen MR) is 79.7 cm³/mol. The monoisotopic (exact) mass is 293 g/mol. The zero-order valence-electron chi connectivity index (χ0n) is 12.8. The first-order chi connectivity index (χ1) is 9.95. The van der Waals surface area contributed by atoms with Crippen LogP contribution in [0.25, 0.3) is 0 Å². The fraction of sp³-hybridized carbons (Fsp3) is 0.643. The van der Waals surface area contributed by atoms with Gasteiger partial charge in [-0.1, -0.05) is 6.92 Å². The van der Waals surface area contributed by atoms with Crippen molar-refractivity contribution in [2.75, 3.05) is 32.9 Å². The highest BCUT2D eigenvalue weighted by molar-refractivity contribution is 5.97. The van der Waals surface area contributed by atoms with E-state index in [-0.39, 0.29) is 17.7 Å². The Hall–Kier alpha value is -2.05. The van der Waals surface area contributed by atoms with E-state index in [4.69, 9.17) is 5.73 Å². The molecule has 116 valence electrons. The van der Waals surface area contributed by atoms with Crippen molar-refractivity contribution < 1.29 is 9.59 Å². The van der Waals surface area contributed by atoms with Crippen molar-refractivity contribution >= 4 is 17.5 Å². The van der Waals surface area contributed by atoms with Crippen molar-refractivity contribution in [3.63, 3.8) is 0 Å². The molecule has 2 amide bonds. The average Bonchev–Trinajstić information content (AvgIpc) is 2.86. The number of carbonyl (C=O) groups excluding carboxylic acids is 2. The van der Waals surface area contributed by atoms with E-state index < -0.39 is 0 Å². The van der Waals surface area contributed by atoms with E-state index in [1.807, 2.05) is 6.92 Å². The van der Waals surface area contributed by atoms with Crippen molar-refractivity contribution in [1.82, 2.24) is 20.0 Å². The summed E-state index contributed by atoms with van der Waals surface area (Å²) < 4.78 is 0. The molecule has 0 saturated carbocycles. The second-order valence-corrected chi connectivity index (χ2v) is 5.62. The Labute approximate surface area is 124 Å². The van der Waals surface area contributed by atoms with E-state index in [2.05, 4.69) is 10.2 Å². The van der Waals surface area contributed by atoms with Gasteiger partial charge >= 0.3 is 0 Å². The summed E-state index contributed by atoms with van der Waals surface area (Å²) in [6, 6.07) is 0. The number of anilines is 1. The van der Waals surface area contributed by atoms with E-state index >= 15 is 0 Å². The largest absolute Gasteiger partial charge is 0.395 e. The van der Waals surface area contributed by atoms with Crippen LogP contribution in [0.1, 0.15) is 35.9 Å². The quantitative estimate of drug-likeness (QED) is 0.848. The van der Waals surface area contributed by atoms with Crippen LogP contribution in [0.15, 0.2) is 0 Å². The number of hydrogen-bond acceptors (Lipinski definition) is 4. The SMILES string of the molecule is CCc1[nH]nc(C(=O)N2CCC(C(=O)N(C)C)CC2)c1N. The smallest absolute Gasteiger partial charge is 0.276 e. The van der Waals surface area contributed by atoms with Crippen LogP contribution in [0.3, 0.4) is 0 Å². The highest BCUT2D eigenvalue weighted by atomic mass is 16.2. The summed E-state index contributed by atoms with van der Waals surface area (Å²) in [5.74, 6) is -0.0133. The number of amides is 2. The number of aryl methyl sites for hydroxylation is 1. The molecule has 1 aliphatic rings. The Balaban J connectivity index is 2.00. The summed E-state index contributed by atoms with van der Waals surface area (Å²) in [6.45, 7) is 3.09. The topological polar surface area (TPSA) is 95.3 Å². The number of H-pyrrole nitrogens is 1. The molecule has 2 rings (SSSR count). The first-order valence-electron chi connectivity index (χ1n) is 7.28. The zero-order valence-corrected chi connectivity index (χ0v) is 12.8. The number of nitrogens with zero attached hydrogens (tertiary/aromatic N) is 3. The summed E-state index contributed by atoms with van der Waals surface area (Å²) in [7, 11) is 3.52. The Morgan fingerprint density at radius 2 is 2.00 bits per heavy atom. The number of aromatic amines is 1. The zero-order chi connectivity index (χ0) is 15.6. The van der Waals surface area contributed by atoms with Crippen molar-refractivity contribution in [2.45, 2.75) is 26.2 Å². The van der Waals surface area contributed by atoms with Crippen molar-refractivity contribution in [1.29, 1.82) is 0 Å². The highest BCUT2D eigenvalue weighted by Crippen LogP contribution is 2.22. The molecule has 0 radical (unpaired) electrons. The van der Waals surface area contributed by atoms with Gasteiger partial charge in [-0.3, -0.25) is 14.7 Å². The average molecular weight is 293 g/mol. The molecule has 0 unspecified atom stereocenters. The van der Waals surface area contributed by atoms with E-state index in [0.717, 1.165) is 5.69 Å². The number of hydrogen-bond donors (Lipinski definition) is 2. The predicted octanol–water partition coefficient (Wildman–Crippen LogP) is 0.495. The lowest BCUT2D eigenvalue weighted by molar-refractivity contribution is -0.134. The second-order valence-electron chi connectivity index (χ2n) is 5.62. The third kappa shape index (κ3) is 3.01. The Kier molecular flexibility index (Phi) is 4.50. The molecule has 21 heavy (non-hydrogen) atoms. The minimum absolute atomic E-state index is 0.00628. The van der Waals surface area contributed by atoms with Gasteiger partial charge in [-0.15, -0.1) is 0 Å². The summed E-state index contributed by atoms with van der Waals surface area (Å²) in [5.41, 5.74) is 7.46. The van der Waals surface area contributed by atoms with E-state index in [1.165, 1.54) is 0 Å². The van der Waals surface area contributed by atoms with Gasteiger partial charge in [-0.2, -0.15) is 5.10 Å². The fourth-order valence-corrected chi connectivity index (χ4v) is 2.66. The number of nitrogens with two attached hydrogens (primary N) is 1. The summed E-state index contributed by atoms with van der Waals surface area (Å²) in [6.07, 6.45) is 2.09. The molecule has 1 fully saturated rings. The molecule has 0 atom stereocenters. The van der Waals surface area contributed by atoms with Crippen LogP contribution < -0.4 is 5.73 Å². The molecule has 0 aromatic carbocycles. The first-order valence-corrected chi connectivity index (χ1v) is 7.28. The fourth-order valence-electron chi connectivity index (χ4n) is 2.66. The first kappa shape index (κ1) is 15.3. The molecular formula is C14H23N5O2. The maximum absolute atomic E-state index is 12.4. The number of likely N-dealkylation sites (tertiary alicyclic amines) is 1. The number of nitrogen functional groups attached to an aromatic ring is 1. The van der Waals surface area contributed by atoms with Crippen LogP contribution in [-0.4, -0.2) is 59.0 Å². The van der Waals surface area contributed by atoms with Crippen LogP contribution >= 0.6 is 0 Å². The third-order valence-electron chi connectivity index (χ3n) is 4.01. The molecule has 0 spiro atoms. The van der Waals surface area contributed by atoms with Gasteiger partial charge in [0.1, 0.15) is 0 Å². The molecule has 7 nitrogen and oxygen atoms in total. The Morgan fingerprint density at radius 3 is 2.48 bits per heavy atom. The van der Waals surface area contributed by atoms with Gasteiger partial charge in [0.2, 0.25) is 5.91 Å². The summed E-state index contributed by atoms with van der Waals surface area (Å²) in [5, 5.41) is 6.83. The normalized spacial score (nSPS) is 16.0. The standard InChI is InChI=1S/C14H23N5O2/c1-4-10-11(15)12(17-16-10)14(21)19-7-5-9(6-8-19)13(20)18(2)3/h9H,4-8,15H2,1-3H3,(H,16,17). The number of aromatic nitrogens is 2. The second kappa shape index (κ2) is 6.15. The molecule has 1 aliphatic heterocycles. The molecule has 2 heterocycles. The van der Waals surface area contributed by atoms with E-state index in [9.17, 15) is 9.59 Å². The molecule has 1 saturated heterocycles. The van der Waals surface area contributed by atoms with Gasteiger partial charge in [0.15, 0.2) is 5.69 Å². The van der Waals surface area contributed by atoms with Gasteiger partial charge in [0.05, 0.1) is 11.4 Å². The van der Waals surface area contributed by atoms with Crippen LogP contribution in [-0.2, 0) is 11.2 Å². The highest BCUT2D eigenvalue weighted by Gasteiger charge is 2.30. The van der Waals surface area contributed by atoms with Crippen molar-refractivity contribution in [3.8, 4) is 0 Å². The minimum atomic E-state index is -0.154. The maximum Gasteiger partial charge on any atom is 0.276 e. The summed E-state index contributed by atoms with van der Waals surface area (Å²) in [4.78, 5) is 27.7. The Morgan fingerprint density at radius 1 is 1.38 bits per heavy atom. The van der Waals surface area contributed by atoms with Crippen LogP contribution in [0, 0.1) is 5.92 Å². The number of carbonyl (C=O) groups is 2. The molecule has 0 aliphatic carbocycles. The minimum Gasteiger partial charge on any atom is -0.395 e. The van der Waals surface area contributed by atoms with Crippen molar-refractivity contribution in [2.24, 2.45) is 5.92 Å². The lowest BCUT2D eigenvalue weighted by Gasteiger charge is -2.32. The van der Waals surface area contributed by atoms with Crippen LogP contribution in [0.5, 0.6) is 0 Å². The number of nitrogens with one attached hydrogen (secondary N) is 1. The van der Waals surface area contributed by atoms with E-state index in [0.29, 0.717) is 43.7 Å². The van der Waals surface area contributed by atoms with Gasteiger partial charge in [-0.05, 0) is 19.3 Å².